The second-order valence-electron chi connectivity index (χ2n) is 5.49. The van der Waals surface area contributed by atoms with Crippen molar-refractivity contribution in [2.75, 3.05) is 6.54 Å². The van der Waals surface area contributed by atoms with Crippen LogP contribution in [0, 0.1) is 5.82 Å². The van der Waals surface area contributed by atoms with Crippen LogP contribution in [0.1, 0.15) is 27.7 Å². The Balaban J connectivity index is 0.00000361. The fourth-order valence-electron chi connectivity index (χ4n) is 1.46. The average Bonchev–Trinajstić information content (AvgIpc) is 2.24. The van der Waals surface area contributed by atoms with Gasteiger partial charge in [-0.15, -0.1) is 24.0 Å². The van der Waals surface area contributed by atoms with Gasteiger partial charge in [0.2, 0.25) is 0 Å². The zero-order valence-corrected chi connectivity index (χ0v) is 14.6. The topological polar surface area (TPSA) is 59.6 Å². The van der Waals surface area contributed by atoms with Crippen molar-refractivity contribution in [2.24, 2.45) is 10.7 Å². The number of nitrogens with two attached hydrogens (primary N) is 1. The van der Waals surface area contributed by atoms with Gasteiger partial charge >= 0.3 is 0 Å². The second-order valence-corrected chi connectivity index (χ2v) is 5.49. The van der Waals surface area contributed by atoms with Crippen molar-refractivity contribution in [2.45, 2.75) is 39.3 Å². The van der Waals surface area contributed by atoms with Gasteiger partial charge in [-0.1, -0.05) is 6.07 Å². The number of nitrogens with zero attached hydrogens (tertiary/aromatic N) is 1. The molecule has 20 heavy (non-hydrogen) atoms. The molecule has 0 aromatic heterocycles. The van der Waals surface area contributed by atoms with Gasteiger partial charge in [0.1, 0.15) is 17.7 Å². The number of halogens is 2. The summed E-state index contributed by atoms with van der Waals surface area (Å²) >= 11 is 0. The lowest BCUT2D eigenvalue weighted by atomic mass is 10.1. The zero-order valence-electron chi connectivity index (χ0n) is 12.3. The predicted molar refractivity (Wildman–Crippen MR) is 91.3 cm³/mol. The number of benzene rings is 1. The molecule has 1 aromatic carbocycles. The van der Waals surface area contributed by atoms with E-state index in [4.69, 9.17) is 10.5 Å². The molecule has 4 nitrogen and oxygen atoms in total. The number of rotatable bonds is 4. The Morgan fingerprint density at radius 2 is 2.10 bits per heavy atom. The lowest BCUT2D eigenvalue weighted by Gasteiger charge is -2.21. The first-order valence-corrected chi connectivity index (χ1v) is 6.26. The molecule has 1 unspecified atom stereocenters. The molecule has 0 radical (unpaired) electrons. The Kier molecular flexibility index (Phi) is 7.85. The molecular weight excluding hydrogens is 372 g/mol. The molecule has 0 fully saturated rings. The van der Waals surface area contributed by atoms with E-state index in [0.29, 0.717) is 18.3 Å². The van der Waals surface area contributed by atoms with Gasteiger partial charge in [-0.25, -0.2) is 9.38 Å². The summed E-state index contributed by atoms with van der Waals surface area (Å²) < 4.78 is 18.5. The van der Waals surface area contributed by atoms with Crippen molar-refractivity contribution in [3.8, 4) is 5.75 Å². The van der Waals surface area contributed by atoms with E-state index >= 15 is 0 Å². The molecule has 1 rings (SSSR count). The van der Waals surface area contributed by atoms with Crippen LogP contribution in [0.2, 0.25) is 0 Å². The summed E-state index contributed by atoms with van der Waals surface area (Å²) in [5.74, 6) is 0.550. The van der Waals surface area contributed by atoms with Gasteiger partial charge in [-0.3, -0.25) is 0 Å². The van der Waals surface area contributed by atoms with Gasteiger partial charge in [-0.05, 0) is 39.8 Å². The first-order chi connectivity index (χ1) is 8.76. The van der Waals surface area contributed by atoms with Gasteiger partial charge in [0.25, 0.3) is 0 Å². The number of hydrogen-bond donors (Lipinski definition) is 2. The van der Waals surface area contributed by atoms with Crippen molar-refractivity contribution in [1.82, 2.24) is 5.32 Å². The zero-order chi connectivity index (χ0) is 14.5. The largest absolute Gasteiger partial charge is 0.489 e. The number of hydrogen-bond acceptors (Lipinski definition) is 2. The highest BCUT2D eigenvalue weighted by Gasteiger charge is 2.10. The van der Waals surface area contributed by atoms with Gasteiger partial charge in [0.15, 0.2) is 5.96 Å². The number of guanidine groups is 1. The Morgan fingerprint density at radius 1 is 1.45 bits per heavy atom. The normalized spacial score (nSPS) is 13.3. The summed E-state index contributed by atoms with van der Waals surface area (Å²) in [6.07, 6.45) is -0.179. The third kappa shape index (κ3) is 8.19. The molecule has 0 aliphatic carbocycles. The van der Waals surface area contributed by atoms with Crippen LogP contribution in [0.15, 0.2) is 29.3 Å². The third-order valence-electron chi connectivity index (χ3n) is 2.16. The lowest BCUT2D eigenvalue weighted by molar-refractivity contribution is 0.229. The van der Waals surface area contributed by atoms with E-state index in [0.717, 1.165) is 0 Å². The monoisotopic (exact) mass is 395 g/mol. The Hall–Kier alpha value is -1.05. The minimum atomic E-state index is -0.317. The fourth-order valence-corrected chi connectivity index (χ4v) is 1.46. The highest BCUT2D eigenvalue weighted by atomic mass is 127. The first kappa shape index (κ1) is 18.9. The van der Waals surface area contributed by atoms with Crippen molar-refractivity contribution >= 4 is 29.9 Å². The quantitative estimate of drug-likeness (QED) is 0.468. The molecular formula is C14H23FIN3O. The summed E-state index contributed by atoms with van der Waals surface area (Å²) in [7, 11) is 0. The highest BCUT2D eigenvalue weighted by Crippen LogP contribution is 2.13. The summed E-state index contributed by atoms with van der Waals surface area (Å²) in [4.78, 5) is 4.19. The van der Waals surface area contributed by atoms with Crippen molar-refractivity contribution in [3.63, 3.8) is 0 Å². The van der Waals surface area contributed by atoms with E-state index in [1.165, 1.54) is 12.1 Å². The van der Waals surface area contributed by atoms with Crippen LogP contribution in [0.4, 0.5) is 4.39 Å². The van der Waals surface area contributed by atoms with Crippen molar-refractivity contribution < 1.29 is 9.13 Å². The second kappa shape index (κ2) is 8.28. The van der Waals surface area contributed by atoms with Gasteiger partial charge in [0, 0.05) is 11.6 Å². The van der Waals surface area contributed by atoms with E-state index in [2.05, 4.69) is 10.3 Å². The van der Waals surface area contributed by atoms with Crippen molar-refractivity contribution in [3.05, 3.63) is 30.1 Å². The molecule has 114 valence electrons. The molecule has 1 aromatic rings. The summed E-state index contributed by atoms with van der Waals surface area (Å²) in [5.41, 5.74) is 5.62. The van der Waals surface area contributed by atoms with Crippen LogP contribution in [-0.2, 0) is 0 Å². The molecule has 0 amide bonds. The van der Waals surface area contributed by atoms with E-state index in [1.54, 1.807) is 12.1 Å². The van der Waals surface area contributed by atoms with Crippen LogP contribution >= 0.6 is 24.0 Å². The van der Waals surface area contributed by atoms with Crippen LogP contribution < -0.4 is 15.8 Å². The molecule has 0 aliphatic rings. The maximum atomic E-state index is 13.0. The number of aliphatic imine (C=N–C) groups is 1. The van der Waals surface area contributed by atoms with Crippen LogP contribution in [0.5, 0.6) is 5.75 Å². The molecule has 0 heterocycles. The highest BCUT2D eigenvalue weighted by molar-refractivity contribution is 14.0. The molecule has 1 atom stereocenters. The Morgan fingerprint density at radius 3 is 2.65 bits per heavy atom. The van der Waals surface area contributed by atoms with E-state index in [9.17, 15) is 4.39 Å². The standard InChI is InChI=1S/C14H22FN3O.HI/c1-10(9-17-13(16)18-14(2,3)4)19-12-7-5-6-11(15)8-12;/h5-8,10H,9H2,1-4H3,(H3,16,17,18);1H. The molecule has 0 saturated carbocycles. The molecule has 6 heteroatoms. The maximum absolute atomic E-state index is 13.0. The lowest BCUT2D eigenvalue weighted by Crippen LogP contribution is -2.45. The summed E-state index contributed by atoms with van der Waals surface area (Å²) in [6, 6.07) is 6.04. The maximum Gasteiger partial charge on any atom is 0.189 e. The van der Waals surface area contributed by atoms with E-state index in [-0.39, 0.29) is 41.4 Å². The Labute approximate surface area is 137 Å². The van der Waals surface area contributed by atoms with E-state index in [1.807, 2.05) is 27.7 Å². The van der Waals surface area contributed by atoms with Gasteiger partial charge in [0.05, 0.1) is 6.54 Å². The minimum Gasteiger partial charge on any atom is -0.489 e. The smallest absolute Gasteiger partial charge is 0.189 e. The SMILES string of the molecule is CC(CN=C(N)NC(C)(C)C)Oc1cccc(F)c1.I. The summed E-state index contributed by atoms with van der Waals surface area (Å²) in [5, 5.41) is 3.06. The van der Waals surface area contributed by atoms with E-state index < -0.39 is 0 Å². The predicted octanol–water partition coefficient (Wildman–Crippen LogP) is 2.91. The number of nitrogens with one attached hydrogen (secondary N) is 1. The van der Waals surface area contributed by atoms with Crippen LogP contribution in [-0.4, -0.2) is 24.1 Å². The first-order valence-electron chi connectivity index (χ1n) is 6.26. The van der Waals surface area contributed by atoms with Crippen molar-refractivity contribution in [1.29, 1.82) is 0 Å². The fraction of sp³-hybridized carbons (Fsp3) is 0.500. The van der Waals surface area contributed by atoms with Gasteiger partial charge in [-0.2, -0.15) is 0 Å². The third-order valence-corrected chi connectivity index (χ3v) is 2.16. The minimum absolute atomic E-state index is 0. The Bertz CT molecular complexity index is 446. The molecule has 3 N–H and O–H groups in total. The molecule has 0 aliphatic heterocycles. The summed E-state index contributed by atoms with van der Waals surface area (Å²) in [6.45, 7) is 8.27. The van der Waals surface area contributed by atoms with Crippen LogP contribution in [0.3, 0.4) is 0 Å². The molecule has 0 spiro atoms. The number of ether oxygens (including phenoxy) is 1. The average molecular weight is 395 g/mol. The van der Waals surface area contributed by atoms with Crippen LogP contribution in [0.25, 0.3) is 0 Å². The van der Waals surface area contributed by atoms with Gasteiger partial charge < -0.3 is 15.8 Å². The molecule has 0 bridgehead atoms. The molecule has 0 saturated heterocycles.